The number of ketones is 1. The minimum Gasteiger partial charge on any atom is -0.460 e. The van der Waals surface area contributed by atoms with E-state index < -0.39 is 89.9 Å². The molecular weight excluding hydrogens is 734 g/mol. The zero-order valence-corrected chi connectivity index (χ0v) is 34.0. The highest BCUT2D eigenvalue weighted by Gasteiger charge is 2.34. The van der Waals surface area contributed by atoms with E-state index >= 15 is 0 Å². The molecule has 0 spiro atoms. The van der Waals surface area contributed by atoms with E-state index in [1.165, 1.54) is 0 Å². The molecule has 0 aliphatic carbocycles. The average molecular weight is 790 g/mol. The van der Waals surface area contributed by atoms with Crippen molar-refractivity contribution in [3.63, 3.8) is 0 Å². The lowest BCUT2D eigenvalue weighted by Gasteiger charge is -2.27. The van der Waals surface area contributed by atoms with Gasteiger partial charge in [-0.15, -0.1) is 0 Å². The van der Waals surface area contributed by atoms with E-state index in [1.807, 2.05) is 36.4 Å². The minimum absolute atomic E-state index is 0.0877. The van der Waals surface area contributed by atoms with Crippen molar-refractivity contribution >= 4 is 52.4 Å². The summed E-state index contributed by atoms with van der Waals surface area (Å²) in [5, 5.41) is 9.40. The second-order valence-electron chi connectivity index (χ2n) is 15.9. The van der Waals surface area contributed by atoms with Gasteiger partial charge in [0.05, 0.1) is 12.8 Å². The van der Waals surface area contributed by atoms with Crippen molar-refractivity contribution in [3.05, 3.63) is 83.9 Å². The highest BCUT2D eigenvalue weighted by molar-refractivity contribution is 5.97. The molecule has 14 heteroatoms. The molecule has 57 heavy (non-hydrogen) atoms. The Labute approximate surface area is 333 Å². The molecule has 3 rings (SSSR count). The topological polar surface area (TPSA) is 192 Å². The number of carbonyl (C=O) groups is 7. The van der Waals surface area contributed by atoms with Crippen molar-refractivity contribution in [2.75, 3.05) is 6.61 Å². The molecule has 3 amide bonds. The van der Waals surface area contributed by atoms with E-state index in [9.17, 15) is 33.6 Å². The van der Waals surface area contributed by atoms with Crippen LogP contribution in [-0.4, -0.2) is 77.5 Å². The normalized spacial score (nSPS) is 13.1. The maximum atomic E-state index is 13.8. The van der Waals surface area contributed by atoms with Crippen LogP contribution in [0.2, 0.25) is 0 Å². The van der Waals surface area contributed by atoms with E-state index in [2.05, 4.69) is 16.0 Å². The van der Waals surface area contributed by atoms with Crippen molar-refractivity contribution < 1.29 is 52.5 Å². The maximum Gasteiger partial charge on any atom is 0.408 e. The fraction of sp³-hybridized carbons (Fsp3) is 0.465. The first kappa shape index (κ1) is 45.6. The second kappa shape index (κ2) is 20.9. The first-order valence-electron chi connectivity index (χ1n) is 18.9. The number of Topliss-reactive ketones (excluding diaryl/α,β-unsaturated/α-hetero) is 1. The van der Waals surface area contributed by atoms with E-state index in [0.29, 0.717) is 11.1 Å². The number of amides is 3. The first-order valence-corrected chi connectivity index (χ1v) is 18.9. The lowest BCUT2D eigenvalue weighted by Crippen LogP contribution is -2.58. The Bertz CT molecular complexity index is 1870. The predicted molar refractivity (Wildman–Crippen MR) is 211 cm³/mol. The zero-order chi connectivity index (χ0) is 42.3. The Morgan fingerprint density at radius 3 is 1.89 bits per heavy atom. The summed E-state index contributed by atoms with van der Waals surface area (Å²) in [7, 11) is 0. The molecule has 308 valence electrons. The number of ether oxygens (including phenoxy) is 4. The smallest absolute Gasteiger partial charge is 0.408 e. The van der Waals surface area contributed by atoms with Gasteiger partial charge in [0.1, 0.15) is 35.9 Å². The number of carbonyl (C=O) groups excluding carboxylic acids is 7. The fourth-order valence-corrected chi connectivity index (χ4v) is 5.58. The molecule has 3 aromatic carbocycles. The summed E-state index contributed by atoms with van der Waals surface area (Å²) in [6.07, 6.45) is -2.10. The summed E-state index contributed by atoms with van der Waals surface area (Å²) in [5.41, 5.74) is -0.297. The molecule has 0 fully saturated rings. The Balaban J connectivity index is 1.75. The molecule has 3 unspecified atom stereocenters. The minimum atomic E-state index is -1.50. The summed E-state index contributed by atoms with van der Waals surface area (Å²) in [5.74, 6) is -5.11. The van der Waals surface area contributed by atoms with Gasteiger partial charge in [-0.3, -0.25) is 28.8 Å². The lowest BCUT2D eigenvalue weighted by molar-refractivity contribution is -0.157. The highest BCUT2D eigenvalue weighted by Crippen LogP contribution is 2.19. The molecule has 0 bridgehead atoms. The van der Waals surface area contributed by atoms with Crippen molar-refractivity contribution in [1.82, 2.24) is 16.0 Å². The van der Waals surface area contributed by atoms with Gasteiger partial charge >= 0.3 is 24.0 Å². The van der Waals surface area contributed by atoms with E-state index in [-0.39, 0.29) is 25.9 Å². The van der Waals surface area contributed by atoms with Crippen LogP contribution >= 0.6 is 0 Å². The van der Waals surface area contributed by atoms with Crippen LogP contribution < -0.4 is 16.0 Å². The Morgan fingerprint density at radius 2 is 1.25 bits per heavy atom. The number of hydrogen-bond acceptors (Lipinski definition) is 11. The number of alkyl carbamates (subject to hydrolysis) is 1. The number of benzene rings is 3. The summed E-state index contributed by atoms with van der Waals surface area (Å²) >= 11 is 0. The number of hydrogen-bond donors (Lipinski definition) is 3. The monoisotopic (exact) mass is 789 g/mol. The van der Waals surface area contributed by atoms with Gasteiger partial charge in [0.25, 0.3) is 0 Å². The second-order valence-corrected chi connectivity index (χ2v) is 15.9. The molecule has 3 atom stereocenters. The van der Waals surface area contributed by atoms with Gasteiger partial charge in [-0.1, -0.05) is 86.6 Å². The summed E-state index contributed by atoms with van der Waals surface area (Å²) in [6, 6.07) is 17.7. The number of fused-ring (bicyclic) bond motifs is 1. The Kier molecular flexibility index (Phi) is 16.7. The highest BCUT2D eigenvalue weighted by atomic mass is 16.6. The predicted octanol–water partition coefficient (Wildman–Crippen LogP) is 5.27. The Hall–Kier alpha value is -5.79. The third-order valence-corrected chi connectivity index (χ3v) is 8.21. The van der Waals surface area contributed by atoms with Crippen molar-refractivity contribution in [1.29, 1.82) is 0 Å². The molecule has 0 heterocycles. The molecular formula is C43H55N3O11. The average Bonchev–Trinajstić information content (AvgIpc) is 3.12. The van der Waals surface area contributed by atoms with Gasteiger partial charge < -0.3 is 34.9 Å². The van der Waals surface area contributed by atoms with E-state index in [1.54, 1.807) is 91.8 Å². The van der Waals surface area contributed by atoms with Crippen LogP contribution in [0.5, 0.6) is 0 Å². The SMILES string of the molecule is CC(C)C(NC(=O)C(CCC(=O)OC(C)(C)C)NC(=O)OCc1ccccc1)C(=O)NC(CC(=O)OC(C)(C)C)C(=O)COC(=O)Cc1cccc2ccccc12. The first-order chi connectivity index (χ1) is 26.7. The number of esters is 3. The Morgan fingerprint density at radius 1 is 0.632 bits per heavy atom. The number of rotatable bonds is 18. The summed E-state index contributed by atoms with van der Waals surface area (Å²) in [6.45, 7) is 12.4. The van der Waals surface area contributed by atoms with Gasteiger partial charge in [-0.05, 0) is 75.8 Å². The van der Waals surface area contributed by atoms with Gasteiger partial charge in [-0.25, -0.2) is 4.79 Å². The van der Waals surface area contributed by atoms with Crippen LogP contribution in [0, 0.1) is 5.92 Å². The molecule has 0 saturated carbocycles. The molecule has 14 nitrogen and oxygen atoms in total. The summed E-state index contributed by atoms with van der Waals surface area (Å²) in [4.78, 5) is 92.2. The van der Waals surface area contributed by atoms with Crippen LogP contribution in [0.1, 0.15) is 85.8 Å². The largest absolute Gasteiger partial charge is 0.460 e. The molecule has 0 aliphatic heterocycles. The molecule has 3 N–H and O–H groups in total. The van der Waals surface area contributed by atoms with Gasteiger partial charge in [0, 0.05) is 6.42 Å². The fourth-order valence-electron chi connectivity index (χ4n) is 5.58. The van der Waals surface area contributed by atoms with Gasteiger partial charge in [0.15, 0.2) is 12.4 Å². The standard InChI is InChI=1S/C43H55N3O11/c1-27(2)38(46-39(51)32(21-22-35(48)56-42(3,4)5)45-41(53)55-25-28-15-10-9-11-16-28)40(52)44-33(24-37(50)57-43(6,7)8)34(47)26-54-36(49)23-30-19-14-18-29-17-12-13-20-31(29)30/h9-20,27,32-33,38H,21-26H2,1-8H3,(H,44,52)(H,45,53)(H,46,51). The van der Waals surface area contributed by atoms with Gasteiger partial charge in [0.2, 0.25) is 11.8 Å². The summed E-state index contributed by atoms with van der Waals surface area (Å²) < 4.78 is 21.4. The third-order valence-electron chi connectivity index (χ3n) is 8.21. The van der Waals surface area contributed by atoms with Crippen molar-refractivity contribution in [2.24, 2.45) is 5.92 Å². The lowest BCUT2D eigenvalue weighted by atomic mass is 10.0. The molecule has 0 aromatic heterocycles. The van der Waals surface area contributed by atoms with E-state index in [0.717, 1.165) is 10.8 Å². The zero-order valence-electron chi connectivity index (χ0n) is 34.0. The van der Waals surface area contributed by atoms with E-state index in [4.69, 9.17) is 18.9 Å². The number of nitrogens with one attached hydrogen (secondary N) is 3. The van der Waals surface area contributed by atoms with Crippen LogP contribution in [0.25, 0.3) is 10.8 Å². The van der Waals surface area contributed by atoms with Gasteiger partial charge in [-0.2, -0.15) is 0 Å². The van der Waals surface area contributed by atoms with Crippen molar-refractivity contribution in [3.8, 4) is 0 Å². The molecule has 0 saturated heterocycles. The van der Waals surface area contributed by atoms with Crippen molar-refractivity contribution in [2.45, 2.75) is 117 Å². The van der Waals surface area contributed by atoms with Crippen LogP contribution in [-0.2, 0) is 60.7 Å². The molecule has 0 aliphatic rings. The maximum absolute atomic E-state index is 13.8. The van der Waals surface area contributed by atoms with Crippen LogP contribution in [0.4, 0.5) is 4.79 Å². The quantitative estimate of drug-likeness (QED) is 0.112. The molecule has 3 aromatic rings. The third kappa shape index (κ3) is 16.5. The molecule has 0 radical (unpaired) electrons. The van der Waals surface area contributed by atoms with Crippen LogP contribution in [0.3, 0.4) is 0 Å². The van der Waals surface area contributed by atoms with Crippen LogP contribution in [0.15, 0.2) is 72.8 Å².